The number of hydrogen-bond acceptors (Lipinski definition) is 4. The molecule has 0 saturated carbocycles. The lowest BCUT2D eigenvalue weighted by molar-refractivity contribution is -0.122. The number of nitrogens with zero attached hydrogens (tertiary/aromatic N) is 2. The second-order valence-corrected chi connectivity index (χ2v) is 3.93. The van der Waals surface area contributed by atoms with Crippen LogP contribution in [0.1, 0.15) is 25.1 Å². The molecule has 1 amide bonds. The lowest BCUT2D eigenvalue weighted by Crippen LogP contribution is -2.37. The van der Waals surface area contributed by atoms with Crippen LogP contribution in [0.2, 0.25) is 0 Å². The van der Waals surface area contributed by atoms with Crippen molar-refractivity contribution in [3.8, 4) is 0 Å². The van der Waals surface area contributed by atoms with Crippen molar-refractivity contribution >= 4 is 11.7 Å². The third-order valence-corrected chi connectivity index (χ3v) is 2.75. The molecule has 0 radical (unpaired) electrons. The molecule has 0 aliphatic heterocycles. The van der Waals surface area contributed by atoms with E-state index in [1.165, 1.54) is 0 Å². The van der Waals surface area contributed by atoms with Gasteiger partial charge in [0.2, 0.25) is 5.91 Å². The van der Waals surface area contributed by atoms with E-state index < -0.39 is 5.92 Å². The molecule has 1 heterocycles. The summed E-state index contributed by atoms with van der Waals surface area (Å²) in [7, 11) is 0. The normalized spacial score (nSPS) is 13.1. The zero-order valence-corrected chi connectivity index (χ0v) is 10.6. The molecule has 6 heteroatoms. The zero-order chi connectivity index (χ0) is 13.5. The summed E-state index contributed by atoms with van der Waals surface area (Å²) in [5, 5.41) is 14.0. The minimum absolute atomic E-state index is 0.107. The number of rotatable bonds is 5. The van der Waals surface area contributed by atoms with Crippen LogP contribution in [0, 0.1) is 5.92 Å². The first-order chi connectivity index (χ1) is 8.60. The highest BCUT2D eigenvalue weighted by molar-refractivity contribution is 6.01. The summed E-state index contributed by atoms with van der Waals surface area (Å²) in [4.78, 5) is 15.9. The molecule has 18 heavy (non-hydrogen) atoms. The topological polar surface area (TPSA) is 101 Å². The molecule has 0 saturated heterocycles. The number of hydrogen-bond donors (Lipinski definition) is 3. The van der Waals surface area contributed by atoms with Gasteiger partial charge in [0.25, 0.3) is 0 Å². The Labute approximate surface area is 106 Å². The number of carbonyl (C=O) groups is 1. The maximum absolute atomic E-state index is 11.7. The van der Waals surface area contributed by atoms with Crippen LogP contribution in [0.3, 0.4) is 0 Å². The van der Waals surface area contributed by atoms with Gasteiger partial charge in [-0.2, -0.15) is 0 Å². The molecular formula is C12H18N4O2. The quantitative estimate of drug-likeness (QED) is 0.309. The minimum Gasteiger partial charge on any atom is -0.409 e. The van der Waals surface area contributed by atoms with E-state index in [0.29, 0.717) is 6.54 Å². The van der Waals surface area contributed by atoms with Gasteiger partial charge in [-0.15, -0.1) is 0 Å². The number of amidine groups is 1. The van der Waals surface area contributed by atoms with E-state index in [4.69, 9.17) is 10.9 Å². The van der Waals surface area contributed by atoms with Crippen molar-refractivity contribution in [3.05, 3.63) is 29.6 Å². The Bertz CT molecular complexity index is 445. The van der Waals surface area contributed by atoms with Gasteiger partial charge in [-0.25, -0.2) is 0 Å². The van der Waals surface area contributed by atoms with E-state index in [1.807, 2.05) is 19.1 Å². The number of aryl methyl sites for hydroxylation is 1. The van der Waals surface area contributed by atoms with E-state index in [9.17, 15) is 4.79 Å². The van der Waals surface area contributed by atoms with Gasteiger partial charge < -0.3 is 16.3 Å². The molecule has 1 aromatic rings. The van der Waals surface area contributed by atoms with Crippen LogP contribution in [0.25, 0.3) is 0 Å². The summed E-state index contributed by atoms with van der Waals surface area (Å²) in [6.45, 7) is 3.94. The molecule has 0 fully saturated rings. The molecule has 1 rings (SSSR count). The highest BCUT2D eigenvalue weighted by atomic mass is 16.4. The number of amides is 1. The van der Waals surface area contributed by atoms with Crippen molar-refractivity contribution in [2.45, 2.75) is 26.8 Å². The molecule has 0 aliphatic rings. The molecule has 98 valence electrons. The number of nitrogens with one attached hydrogen (secondary N) is 1. The molecule has 0 spiro atoms. The Morgan fingerprint density at radius 2 is 2.39 bits per heavy atom. The summed E-state index contributed by atoms with van der Waals surface area (Å²) in [6.07, 6.45) is 2.54. The zero-order valence-electron chi connectivity index (χ0n) is 10.6. The van der Waals surface area contributed by atoms with Crippen LogP contribution in [0.4, 0.5) is 0 Å². The highest BCUT2D eigenvalue weighted by Crippen LogP contribution is 2.06. The molecule has 0 aliphatic carbocycles. The van der Waals surface area contributed by atoms with Crippen LogP contribution in [0.5, 0.6) is 0 Å². The molecule has 1 atom stereocenters. The first kappa shape index (κ1) is 14.0. The lowest BCUT2D eigenvalue weighted by atomic mass is 10.1. The molecule has 4 N–H and O–H groups in total. The number of aromatic nitrogens is 1. The molecule has 6 nitrogen and oxygen atoms in total. The van der Waals surface area contributed by atoms with E-state index >= 15 is 0 Å². The SMILES string of the molecule is CCc1cccnc1CNC(=O)C(C)/C(N)=N/O. The molecule has 1 unspecified atom stereocenters. The molecule has 0 aromatic carbocycles. The third kappa shape index (κ3) is 3.44. The summed E-state index contributed by atoms with van der Waals surface area (Å²) in [6, 6.07) is 3.84. The van der Waals surface area contributed by atoms with Gasteiger partial charge in [0.1, 0.15) is 0 Å². The van der Waals surface area contributed by atoms with E-state index in [0.717, 1.165) is 17.7 Å². The summed E-state index contributed by atoms with van der Waals surface area (Å²) >= 11 is 0. The van der Waals surface area contributed by atoms with Crippen molar-refractivity contribution in [1.82, 2.24) is 10.3 Å². The highest BCUT2D eigenvalue weighted by Gasteiger charge is 2.17. The van der Waals surface area contributed by atoms with Crippen molar-refractivity contribution in [2.75, 3.05) is 0 Å². The predicted molar refractivity (Wildman–Crippen MR) is 68.0 cm³/mol. The Kier molecular flexibility index (Phi) is 5.10. The number of nitrogens with two attached hydrogens (primary N) is 1. The fourth-order valence-corrected chi connectivity index (χ4v) is 1.50. The Morgan fingerprint density at radius 3 is 3.00 bits per heavy atom. The van der Waals surface area contributed by atoms with Crippen molar-refractivity contribution in [1.29, 1.82) is 0 Å². The average molecular weight is 250 g/mol. The van der Waals surface area contributed by atoms with Crippen molar-refractivity contribution < 1.29 is 10.0 Å². The van der Waals surface area contributed by atoms with Gasteiger partial charge in [-0.1, -0.05) is 18.1 Å². The summed E-state index contributed by atoms with van der Waals surface area (Å²) < 4.78 is 0. The fourth-order valence-electron chi connectivity index (χ4n) is 1.50. The first-order valence-corrected chi connectivity index (χ1v) is 5.78. The van der Waals surface area contributed by atoms with E-state index in [-0.39, 0.29) is 11.7 Å². The monoisotopic (exact) mass is 250 g/mol. The maximum Gasteiger partial charge on any atom is 0.230 e. The standard InChI is InChI=1S/C12H18N4O2/c1-3-9-5-4-6-14-10(9)7-15-12(17)8(2)11(13)16-18/h4-6,8,18H,3,7H2,1-2H3,(H2,13,16)(H,15,17). The first-order valence-electron chi connectivity index (χ1n) is 5.78. The third-order valence-electron chi connectivity index (χ3n) is 2.75. The van der Waals surface area contributed by atoms with Crippen LogP contribution in [-0.2, 0) is 17.8 Å². The second-order valence-electron chi connectivity index (χ2n) is 3.93. The van der Waals surface area contributed by atoms with Gasteiger partial charge in [0.05, 0.1) is 18.2 Å². The Balaban J connectivity index is 2.63. The van der Waals surface area contributed by atoms with Crippen molar-refractivity contribution in [2.24, 2.45) is 16.8 Å². The summed E-state index contributed by atoms with van der Waals surface area (Å²) in [5.41, 5.74) is 7.29. The maximum atomic E-state index is 11.7. The largest absolute Gasteiger partial charge is 0.409 e. The van der Waals surface area contributed by atoms with Gasteiger partial charge in [-0.3, -0.25) is 9.78 Å². The number of oxime groups is 1. The summed E-state index contributed by atoms with van der Waals surface area (Å²) in [5.74, 6) is -1.06. The van der Waals surface area contributed by atoms with E-state index in [1.54, 1.807) is 13.1 Å². The Morgan fingerprint density at radius 1 is 1.67 bits per heavy atom. The molecule has 0 bridgehead atoms. The number of carbonyl (C=O) groups excluding carboxylic acids is 1. The predicted octanol–water partition coefficient (Wildman–Crippen LogP) is 0.643. The van der Waals surface area contributed by atoms with Gasteiger partial charge in [0.15, 0.2) is 5.84 Å². The average Bonchev–Trinajstić information content (AvgIpc) is 2.43. The van der Waals surface area contributed by atoms with Gasteiger partial charge in [0, 0.05) is 6.20 Å². The van der Waals surface area contributed by atoms with Crippen LogP contribution >= 0.6 is 0 Å². The van der Waals surface area contributed by atoms with E-state index in [2.05, 4.69) is 15.5 Å². The van der Waals surface area contributed by atoms with Crippen LogP contribution in [0.15, 0.2) is 23.5 Å². The molecule has 1 aromatic heterocycles. The smallest absolute Gasteiger partial charge is 0.230 e. The van der Waals surface area contributed by atoms with Crippen molar-refractivity contribution in [3.63, 3.8) is 0 Å². The van der Waals surface area contributed by atoms with Crippen LogP contribution < -0.4 is 11.1 Å². The second kappa shape index (κ2) is 6.58. The minimum atomic E-state index is -0.663. The van der Waals surface area contributed by atoms with Gasteiger partial charge >= 0.3 is 0 Å². The number of pyridine rings is 1. The fraction of sp³-hybridized carbons (Fsp3) is 0.417. The van der Waals surface area contributed by atoms with Crippen LogP contribution in [-0.4, -0.2) is 21.9 Å². The van der Waals surface area contributed by atoms with Gasteiger partial charge in [-0.05, 0) is 25.0 Å². The Hall–Kier alpha value is -2.11. The molecular weight excluding hydrogens is 232 g/mol. The lowest BCUT2D eigenvalue weighted by Gasteiger charge is -2.11.